The molecule has 0 aliphatic rings. The second-order valence-corrected chi connectivity index (χ2v) is 6.93. The summed E-state index contributed by atoms with van der Waals surface area (Å²) in [5.41, 5.74) is 0.510. The molecule has 9 nitrogen and oxygen atoms in total. The van der Waals surface area contributed by atoms with Crippen molar-refractivity contribution in [1.82, 2.24) is 0 Å². The van der Waals surface area contributed by atoms with E-state index >= 15 is 0 Å². The minimum Gasteiger partial charge on any atom is -0.480 e. The van der Waals surface area contributed by atoms with E-state index in [2.05, 4.69) is 5.32 Å². The topological polar surface area (TPSA) is 136 Å². The van der Waals surface area contributed by atoms with E-state index in [1.165, 1.54) is 13.0 Å². The Kier molecular flexibility index (Phi) is 6.25. The molecule has 0 heterocycles. The molecule has 0 spiro atoms. The number of carboxylic acids is 1. The third kappa shape index (κ3) is 4.67. The molecule has 0 saturated heterocycles. The molecule has 158 valence electrons. The maximum atomic E-state index is 12.3. The van der Waals surface area contributed by atoms with E-state index in [4.69, 9.17) is 0 Å². The lowest BCUT2D eigenvalue weighted by molar-refractivity contribution is -0.394. The standard InChI is InChI=1S/C22H19N3O6/c1-14-12-17(19(25(30)31)13-18(14)24(28)29)23-21(22(26)27)20(15-8-4-2-5-9-15)16-10-6-3-7-11-16/h2-13,20-21,23H,1H3,(H,26,27). The smallest absolute Gasteiger partial charge is 0.327 e. The zero-order valence-electron chi connectivity index (χ0n) is 16.5. The number of aliphatic carboxylic acids is 1. The van der Waals surface area contributed by atoms with Crippen LogP contribution in [0, 0.1) is 27.2 Å². The van der Waals surface area contributed by atoms with Gasteiger partial charge in [-0.3, -0.25) is 20.2 Å². The zero-order valence-corrected chi connectivity index (χ0v) is 16.5. The first-order chi connectivity index (χ1) is 14.8. The predicted octanol–water partition coefficient (Wildman–Crippen LogP) is 4.51. The van der Waals surface area contributed by atoms with Crippen LogP contribution in [0.3, 0.4) is 0 Å². The van der Waals surface area contributed by atoms with Crippen LogP contribution < -0.4 is 5.32 Å². The van der Waals surface area contributed by atoms with Gasteiger partial charge in [-0.15, -0.1) is 0 Å². The molecule has 0 radical (unpaired) electrons. The van der Waals surface area contributed by atoms with Crippen molar-refractivity contribution in [3.63, 3.8) is 0 Å². The van der Waals surface area contributed by atoms with E-state index in [0.717, 1.165) is 6.07 Å². The number of nitro groups is 2. The maximum Gasteiger partial charge on any atom is 0.327 e. The van der Waals surface area contributed by atoms with Crippen LogP contribution in [0.15, 0.2) is 72.8 Å². The molecule has 3 rings (SSSR count). The summed E-state index contributed by atoms with van der Waals surface area (Å²) in [6.45, 7) is 1.44. The van der Waals surface area contributed by atoms with Crippen molar-refractivity contribution in [2.45, 2.75) is 18.9 Å². The summed E-state index contributed by atoms with van der Waals surface area (Å²) in [7, 11) is 0. The summed E-state index contributed by atoms with van der Waals surface area (Å²) >= 11 is 0. The third-order valence-corrected chi connectivity index (χ3v) is 4.94. The Morgan fingerprint density at radius 3 is 1.77 bits per heavy atom. The lowest BCUT2D eigenvalue weighted by Gasteiger charge is -2.26. The van der Waals surface area contributed by atoms with Crippen molar-refractivity contribution in [2.24, 2.45) is 0 Å². The first kappa shape index (κ1) is 21.4. The number of anilines is 1. The van der Waals surface area contributed by atoms with Gasteiger partial charge in [0.25, 0.3) is 11.4 Å². The van der Waals surface area contributed by atoms with Crippen molar-refractivity contribution in [2.75, 3.05) is 5.32 Å². The lowest BCUT2D eigenvalue weighted by Crippen LogP contribution is -2.36. The fourth-order valence-corrected chi connectivity index (χ4v) is 3.50. The molecule has 0 aliphatic heterocycles. The molecule has 0 bridgehead atoms. The van der Waals surface area contributed by atoms with Crippen molar-refractivity contribution >= 4 is 23.0 Å². The van der Waals surface area contributed by atoms with Gasteiger partial charge >= 0.3 is 5.97 Å². The van der Waals surface area contributed by atoms with E-state index in [1.54, 1.807) is 60.7 Å². The molecule has 1 unspecified atom stereocenters. The number of nitrogens with one attached hydrogen (secondary N) is 1. The highest BCUT2D eigenvalue weighted by molar-refractivity contribution is 5.82. The number of benzene rings is 3. The van der Waals surface area contributed by atoms with Gasteiger partial charge in [-0.2, -0.15) is 0 Å². The van der Waals surface area contributed by atoms with E-state index in [0.29, 0.717) is 11.1 Å². The van der Waals surface area contributed by atoms with Gasteiger partial charge in [0.2, 0.25) is 0 Å². The lowest BCUT2D eigenvalue weighted by atomic mass is 9.84. The summed E-state index contributed by atoms with van der Waals surface area (Å²) in [6, 6.07) is 18.7. The van der Waals surface area contributed by atoms with E-state index in [-0.39, 0.29) is 11.3 Å². The number of rotatable bonds is 8. The highest BCUT2D eigenvalue weighted by Gasteiger charge is 2.33. The Hall–Kier alpha value is -4.27. The van der Waals surface area contributed by atoms with Crippen LogP contribution in [0.4, 0.5) is 17.1 Å². The van der Waals surface area contributed by atoms with Crippen LogP contribution >= 0.6 is 0 Å². The summed E-state index contributed by atoms with van der Waals surface area (Å²) < 4.78 is 0. The van der Waals surface area contributed by atoms with Gasteiger partial charge in [0.15, 0.2) is 0 Å². The number of nitro benzene ring substituents is 2. The molecular weight excluding hydrogens is 402 g/mol. The number of carboxylic acid groups (broad SMARTS) is 1. The monoisotopic (exact) mass is 421 g/mol. The van der Waals surface area contributed by atoms with Crippen LogP contribution in [0.2, 0.25) is 0 Å². The molecule has 2 N–H and O–H groups in total. The Balaban J connectivity index is 2.13. The zero-order chi connectivity index (χ0) is 22.5. The van der Waals surface area contributed by atoms with Gasteiger partial charge in [0.1, 0.15) is 11.7 Å². The Morgan fingerprint density at radius 2 is 1.35 bits per heavy atom. The van der Waals surface area contributed by atoms with Crippen molar-refractivity contribution in [1.29, 1.82) is 0 Å². The highest BCUT2D eigenvalue weighted by atomic mass is 16.6. The first-order valence-electron chi connectivity index (χ1n) is 9.32. The second-order valence-electron chi connectivity index (χ2n) is 6.93. The molecule has 3 aromatic rings. The van der Waals surface area contributed by atoms with Crippen LogP contribution in [-0.2, 0) is 4.79 Å². The normalized spacial score (nSPS) is 11.7. The Bertz CT molecular complexity index is 1080. The summed E-state index contributed by atoms with van der Waals surface area (Å²) in [5, 5.41) is 35.5. The summed E-state index contributed by atoms with van der Waals surface area (Å²) in [5.74, 6) is -1.89. The van der Waals surface area contributed by atoms with E-state index < -0.39 is 39.2 Å². The second kappa shape index (κ2) is 9.04. The fourth-order valence-electron chi connectivity index (χ4n) is 3.50. The fraction of sp³-hybridized carbons (Fsp3) is 0.136. The van der Waals surface area contributed by atoms with E-state index in [1.807, 2.05) is 0 Å². The predicted molar refractivity (Wildman–Crippen MR) is 114 cm³/mol. The molecule has 0 saturated carbocycles. The van der Waals surface area contributed by atoms with Gasteiger partial charge in [0, 0.05) is 11.5 Å². The maximum absolute atomic E-state index is 12.3. The van der Waals surface area contributed by atoms with E-state index in [9.17, 15) is 30.1 Å². The van der Waals surface area contributed by atoms with Crippen molar-refractivity contribution in [3.05, 3.63) is 110 Å². The number of hydrogen-bond donors (Lipinski definition) is 2. The number of aryl methyl sites for hydroxylation is 1. The van der Waals surface area contributed by atoms with Gasteiger partial charge in [-0.05, 0) is 24.1 Å². The molecule has 0 aliphatic carbocycles. The summed E-state index contributed by atoms with van der Waals surface area (Å²) in [4.78, 5) is 33.6. The Labute approximate surface area is 177 Å². The Morgan fingerprint density at radius 1 is 0.871 bits per heavy atom. The SMILES string of the molecule is Cc1cc(NC(C(=O)O)C(c2ccccc2)c2ccccc2)c([N+](=O)[O-])cc1[N+](=O)[O-]. The van der Waals surface area contributed by atoms with Crippen LogP contribution in [0.1, 0.15) is 22.6 Å². The molecule has 0 fully saturated rings. The third-order valence-electron chi connectivity index (χ3n) is 4.94. The number of nitrogens with zero attached hydrogens (tertiary/aromatic N) is 2. The van der Waals surface area contributed by atoms with Gasteiger partial charge in [-0.1, -0.05) is 60.7 Å². The van der Waals surface area contributed by atoms with Crippen LogP contribution in [0.5, 0.6) is 0 Å². The highest BCUT2D eigenvalue weighted by Crippen LogP contribution is 2.36. The summed E-state index contributed by atoms with van der Waals surface area (Å²) in [6.07, 6.45) is 0. The van der Waals surface area contributed by atoms with Crippen LogP contribution in [0.25, 0.3) is 0 Å². The molecule has 0 amide bonds. The molecule has 31 heavy (non-hydrogen) atoms. The molecule has 0 aromatic heterocycles. The number of carbonyl (C=O) groups is 1. The average molecular weight is 421 g/mol. The molecule has 9 heteroatoms. The van der Waals surface area contributed by atoms with Crippen molar-refractivity contribution < 1.29 is 19.7 Å². The molecular formula is C22H19N3O6. The number of hydrogen-bond acceptors (Lipinski definition) is 6. The van der Waals surface area contributed by atoms with Gasteiger partial charge in [-0.25, -0.2) is 4.79 Å². The van der Waals surface area contributed by atoms with Gasteiger partial charge < -0.3 is 10.4 Å². The minimum atomic E-state index is -1.27. The van der Waals surface area contributed by atoms with Gasteiger partial charge in [0.05, 0.1) is 15.9 Å². The molecule has 1 atom stereocenters. The first-order valence-corrected chi connectivity index (χ1v) is 9.32. The average Bonchev–Trinajstić information content (AvgIpc) is 2.74. The quantitative estimate of drug-likeness (QED) is 0.403. The molecule has 3 aromatic carbocycles. The van der Waals surface area contributed by atoms with Crippen LogP contribution in [-0.4, -0.2) is 27.0 Å². The largest absolute Gasteiger partial charge is 0.480 e. The van der Waals surface area contributed by atoms with Crippen molar-refractivity contribution in [3.8, 4) is 0 Å². The minimum absolute atomic E-state index is 0.0997.